The molecule has 1 aliphatic carbocycles. The van der Waals surface area contributed by atoms with E-state index in [2.05, 4.69) is 25.0 Å². The van der Waals surface area contributed by atoms with Crippen LogP contribution in [0.15, 0.2) is 24.4 Å². The van der Waals surface area contributed by atoms with Crippen LogP contribution in [-0.4, -0.2) is 46.3 Å². The Labute approximate surface area is 141 Å². The standard InChI is InChI=1S/C17H19N7/c18-12-14-4-5-16(22-21-14)24-9-1-8-23(10-11-24)15-6-7-19-17(20-15)13-2-3-13/h4-7,13H,1-3,8-11H2. The molecule has 2 fully saturated rings. The van der Waals surface area contributed by atoms with Crippen molar-refractivity contribution in [1.82, 2.24) is 20.2 Å². The van der Waals surface area contributed by atoms with Crippen molar-refractivity contribution < 1.29 is 0 Å². The Morgan fingerprint density at radius 1 is 0.958 bits per heavy atom. The average molecular weight is 321 g/mol. The lowest BCUT2D eigenvalue weighted by atomic mass is 10.3. The van der Waals surface area contributed by atoms with Crippen LogP contribution >= 0.6 is 0 Å². The Kier molecular flexibility index (Phi) is 3.95. The molecule has 0 aromatic carbocycles. The molecule has 1 saturated carbocycles. The summed E-state index contributed by atoms with van der Waals surface area (Å²) in [6, 6.07) is 7.60. The molecule has 24 heavy (non-hydrogen) atoms. The highest BCUT2D eigenvalue weighted by Crippen LogP contribution is 2.38. The molecule has 7 heteroatoms. The minimum atomic E-state index is 0.351. The van der Waals surface area contributed by atoms with Crippen LogP contribution in [0.25, 0.3) is 0 Å². The van der Waals surface area contributed by atoms with Crippen LogP contribution in [0.3, 0.4) is 0 Å². The van der Waals surface area contributed by atoms with Crippen LogP contribution in [0, 0.1) is 11.3 Å². The zero-order valence-electron chi connectivity index (χ0n) is 13.5. The summed E-state index contributed by atoms with van der Waals surface area (Å²) in [5.74, 6) is 3.42. The third-order valence-electron chi connectivity index (χ3n) is 4.51. The lowest BCUT2D eigenvalue weighted by Crippen LogP contribution is -2.31. The lowest BCUT2D eigenvalue weighted by molar-refractivity contribution is 0.781. The van der Waals surface area contributed by atoms with Gasteiger partial charge in [-0.2, -0.15) is 5.26 Å². The van der Waals surface area contributed by atoms with Crippen molar-refractivity contribution in [1.29, 1.82) is 5.26 Å². The molecule has 1 aliphatic heterocycles. The predicted octanol–water partition coefficient (Wildman–Crippen LogP) is 1.73. The molecule has 0 bridgehead atoms. The molecule has 3 heterocycles. The molecule has 7 nitrogen and oxygen atoms in total. The zero-order valence-corrected chi connectivity index (χ0v) is 13.5. The summed E-state index contributed by atoms with van der Waals surface area (Å²) in [4.78, 5) is 13.7. The van der Waals surface area contributed by atoms with E-state index >= 15 is 0 Å². The van der Waals surface area contributed by atoms with Gasteiger partial charge in [-0.15, -0.1) is 10.2 Å². The molecule has 1 saturated heterocycles. The Morgan fingerprint density at radius 3 is 2.42 bits per heavy atom. The zero-order chi connectivity index (χ0) is 16.4. The van der Waals surface area contributed by atoms with Gasteiger partial charge in [-0.1, -0.05) is 0 Å². The molecular formula is C17H19N7. The third-order valence-corrected chi connectivity index (χ3v) is 4.51. The smallest absolute Gasteiger partial charge is 0.163 e. The minimum absolute atomic E-state index is 0.351. The molecule has 0 amide bonds. The first-order chi connectivity index (χ1) is 11.8. The van der Waals surface area contributed by atoms with E-state index < -0.39 is 0 Å². The van der Waals surface area contributed by atoms with Gasteiger partial charge >= 0.3 is 0 Å². The van der Waals surface area contributed by atoms with E-state index in [4.69, 9.17) is 10.2 Å². The summed E-state index contributed by atoms with van der Waals surface area (Å²) < 4.78 is 0. The molecule has 0 unspecified atom stereocenters. The van der Waals surface area contributed by atoms with E-state index in [0.717, 1.165) is 50.1 Å². The first-order valence-corrected chi connectivity index (χ1v) is 8.40. The second-order valence-electron chi connectivity index (χ2n) is 6.26. The van der Waals surface area contributed by atoms with Crippen LogP contribution in [0.4, 0.5) is 11.6 Å². The minimum Gasteiger partial charge on any atom is -0.355 e. The van der Waals surface area contributed by atoms with Gasteiger partial charge in [0.25, 0.3) is 0 Å². The number of hydrogen-bond donors (Lipinski definition) is 0. The maximum Gasteiger partial charge on any atom is 0.163 e. The van der Waals surface area contributed by atoms with Crippen LogP contribution in [-0.2, 0) is 0 Å². The SMILES string of the molecule is N#Cc1ccc(N2CCCN(c3ccnc(C4CC4)n3)CC2)nn1. The van der Waals surface area contributed by atoms with Crippen LogP contribution in [0.1, 0.15) is 36.7 Å². The Hall–Kier alpha value is -2.75. The topological polar surface area (TPSA) is 81.8 Å². The molecule has 0 N–H and O–H groups in total. The molecular weight excluding hydrogens is 302 g/mol. The highest BCUT2D eigenvalue weighted by Gasteiger charge is 2.27. The fourth-order valence-electron chi connectivity index (χ4n) is 3.01. The number of hydrogen-bond acceptors (Lipinski definition) is 7. The van der Waals surface area contributed by atoms with Gasteiger partial charge in [0.15, 0.2) is 11.5 Å². The fraction of sp³-hybridized carbons (Fsp3) is 0.471. The van der Waals surface area contributed by atoms with Gasteiger partial charge in [0, 0.05) is 38.3 Å². The molecule has 2 aromatic rings. The summed E-state index contributed by atoms with van der Waals surface area (Å²) in [5.41, 5.74) is 0.351. The maximum absolute atomic E-state index is 8.83. The van der Waals surface area contributed by atoms with Gasteiger partial charge in [-0.25, -0.2) is 9.97 Å². The van der Waals surface area contributed by atoms with Crippen molar-refractivity contribution >= 4 is 11.6 Å². The normalized spacial score (nSPS) is 18.1. The van der Waals surface area contributed by atoms with Crippen LogP contribution < -0.4 is 9.80 Å². The van der Waals surface area contributed by atoms with Crippen molar-refractivity contribution in [2.24, 2.45) is 0 Å². The predicted molar refractivity (Wildman–Crippen MR) is 89.8 cm³/mol. The van der Waals surface area contributed by atoms with Crippen LogP contribution in [0.2, 0.25) is 0 Å². The molecule has 0 spiro atoms. The van der Waals surface area contributed by atoms with E-state index in [-0.39, 0.29) is 0 Å². The molecule has 122 valence electrons. The van der Waals surface area contributed by atoms with Gasteiger partial charge in [0.1, 0.15) is 17.7 Å². The van der Waals surface area contributed by atoms with Crippen molar-refractivity contribution in [3.63, 3.8) is 0 Å². The molecule has 4 rings (SSSR count). The summed E-state index contributed by atoms with van der Waals surface area (Å²) in [5, 5.41) is 16.9. The second-order valence-corrected chi connectivity index (χ2v) is 6.26. The van der Waals surface area contributed by atoms with E-state index in [0.29, 0.717) is 11.6 Å². The fourth-order valence-corrected chi connectivity index (χ4v) is 3.01. The van der Waals surface area contributed by atoms with Crippen molar-refractivity contribution in [2.45, 2.75) is 25.2 Å². The second kappa shape index (κ2) is 6.40. The van der Waals surface area contributed by atoms with Gasteiger partial charge in [-0.05, 0) is 37.5 Å². The summed E-state index contributed by atoms with van der Waals surface area (Å²) >= 11 is 0. The summed E-state index contributed by atoms with van der Waals surface area (Å²) in [7, 11) is 0. The van der Waals surface area contributed by atoms with E-state index in [1.165, 1.54) is 12.8 Å². The highest BCUT2D eigenvalue weighted by atomic mass is 15.3. The van der Waals surface area contributed by atoms with Crippen molar-refractivity contribution in [3.8, 4) is 6.07 Å². The van der Waals surface area contributed by atoms with E-state index in [9.17, 15) is 0 Å². The van der Waals surface area contributed by atoms with Crippen molar-refractivity contribution in [3.05, 3.63) is 35.9 Å². The number of aromatic nitrogens is 4. The van der Waals surface area contributed by atoms with Crippen LogP contribution in [0.5, 0.6) is 0 Å². The van der Waals surface area contributed by atoms with Gasteiger partial charge in [0.05, 0.1) is 0 Å². The van der Waals surface area contributed by atoms with Crippen molar-refractivity contribution in [2.75, 3.05) is 36.0 Å². The van der Waals surface area contributed by atoms with Gasteiger partial charge < -0.3 is 9.80 Å². The Morgan fingerprint density at radius 2 is 1.75 bits per heavy atom. The molecule has 2 aromatic heterocycles. The largest absolute Gasteiger partial charge is 0.355 e. The first kappa shape index (κ1) is 14.8. The van der Waals surface area contributed by atoms with Gasteiger partial charge in [-0.3, -0.25) is 0 Å². The third kappa shape index (κ3) is 3.13. The number of nitrogens with zero attached hydrogens (tertiary/aromatic N) is 7. The van der Waals surface area contributed by atoms with E-state index in [1.54, 1.807) is 6.07 Å². The molecule has 0 radical (unpaired) electrons. The molecule has 0 atom stereocenters. The Bertz CT molecular complexity index is 748. The average Bonchev–Trinajstić information content (AvgIpc) is 3.48. The summed E-state index contributed by atoms with van der Waals surface area (Å²) in [6.07, 6.45) is 5.35. The summed E-state index contributed by atoms with van der Waals surface area (Å²) in [6.45, 7) is 3.66. The number of nitriles is 1. The monoisotopic (exact) mass is 321 g/mol. The number of anilines is 2. The van der Waals surface area contributed by atoms with Gasteiger partial charge in [0.2, 0.25) is 0 Å². The molecule has 2 aliphatic rings. The Balaban J connectivity index is 1.45. The lowest BCUT2D eigenvalue weighted by Gasteiger charge is -2.23. The van der Waals surface area contributed by atoms with E-state index in [1.807, 2.05) is 24.4 Å². The first-order valence-electron chi connectivity index (χ1n) is 8.40. The quantitative estimate of drug-likeness (QED) is 0.851. The highest BCUT2D eigenvalue weighted by molar-refractivity contribution is 5.43. The maximum atomic E-state index is 8.83. The number of rotatable bonds is 3.